The first-order valence-corrected chi connectivity index (χ1v) is 8.89. The van der Waals surface area contributed by atoms with E-state index in [0.717, 1.165) is 16.5 Å². The molecule has 0 fully saturated rings. The maximum Gasteiger partial charge on any atom is 0.251 e. The first-order valence-electron chi connectivity index (χ1n) is 7.64. The van der Waals surface area contributed by atoms with Crippen molar-refractivity contribution in [3.8, 4) is 11.4 Å². The van der Waals surface area contributed by atoms with Crippen molar-refractivity contribution in [3.63, 3.8) is 0 Å². The van der Waals surface area contributed by atoms with Crippen LogP contribution in [0.5, 0.6) is 0 Å². The van der Waals surface area contributed by atoms with Crippen molar-refractivity contribution in [2.75, 3.05) is 5.32 Å². The number of halogens is 1. The van der Waals surface area contributed by atoms with Crippen molar-refractivity contribution in [2.24, 2.45) is 5.73 Å². The fourth-order valence-electron chi connectivity index (χ4n) is 2.53. The molecule has 1 aromatic carbocycles. The summed E-state index contributed by atoms with van der Waals surface area (Å²) in [5.74, 6) is 0.562. The first-order chi connectivity index (χ1) is 12.6. The van der Waals surface area contributed by atoms with Gasteiger partial charge >= 0.3 is 0 Å². The molecule has 6 nitrogen and oxygen atoms in total. The lowest BCUT2D eigenvalue weighted by Crippen LogP contribution is -2.11. The Bertz CT molecular complexity index is 1110. The molecule has 0 spiro atoms. The number of pyridine rings is 1. The number of primary amides is 1. The predicted molar refractivity (Wildman–Crippen MR) is 104 cm³/mol. The molecule has 3 N–H and O–H groups in total. The number of fused-ring (bicyclic) bond motifs is 1. The average Bonchev–Trinajstić information content (AvgIpc) is 3.11. The molecule has 0 bridgehead atoms. The Kier molecular flexibility index (Phi) is 4.24. The largest absolute Gasteiger partial charge is 0.366 e. The number of nitrogens with one attached hydrogen (secondary N) is 1. The van der Waals surface area contributed by atoms with Gasteiger partial charge < -0.3 is 11.1 Å². The van der Waals surface area contributed by atoms with Gasteiger partial charge in [-0.25, -0.2) is 9.97 Å². The van der Waals surface area contributed by atoms with E-state index in [0.29, 0.717) is 27.2 Å². The molecular weight excluding hydrogens is 370 g/mol. The number of nitrogens with zero attached hydrogens (tertiary/aromatic N) is 3. The van der Waals surface area contributed by atoms with Crippen molar-refractivity contribution >= 4 is 50.6 Å². The third kappa shape index (κ3) is 3.10. The van der Waals surface area contributed by atoms with Crippen molar-refractivity contribution in [2.45, 2.75) is 0 Å². The minimum absolute atomic E-state index is 0.409. The van der Waals surface area contributed by atoms with Gasteiger partial charge in [-0.1, -0.05) is 11.6 Å². The Morgan fingerprint density at radius 1 is 1.19 bits per heavy atom. The lowest BCUT2D eigenvalue weighted by atomic mass is 10.2. The van der Waals surface area contributed by atoms with Crippen LogP contribution in [0.1, 0.15) is 10.4 Å². The molecule has 0 atom stereocenters. The van der Waals surface area contributed by atoms with Gasteiger partial charge in [0.1, 0.15) is 10.8 Å². The standard InChI is InChI=1S/C18H12ClN5OS/c19-11-3-4-14-13(8-11)17(24-18-12(15(20)25)5-7-26-18)23-16(22-14)10-2-1-6-21-9-10/h1-9H,(H2,20,25)(H,22,23,24). The molecule has 0 aliphatic carbocycles. The summed E-state index contributed by atoms with van der Waals surface area (Å²) in [5, 5.41) is 6.93. The number of nitrogens with two attached hydrogens (primary N) is 1. The van der Waals surface area contributed by atoms with E-state index in [4.69, 9.17) is 17.3 Å². The van der Waals surface area contributed by atoms with Gasteiger partial charge in [0.05, 0.1) is 11.1 Å². The van der Waals surface area contributed by atoms with Crippen LogP contribution in [0.4, 0.5) is 10.8 Å². The van der Waals surface area contributed by atoms with Gasteiger partial charge in [-0.15, -0.1) is 11.3 Å². The van der Waals surface area contributed by atoms with Gasteiger partial charge in [0.2, 0.25) is 0 Å². The Morgan fingerprint density at radius 2 is 2.08 bits per heavy atom. The van der Waals surface area contributed by atoms with Gasteiger partial charge in [-0.05, 0) is 41.8 Å². The van der Waals surface area contributed by atoms with Crippen LogP contribution in [-0.4, -0.2) is 20.9 Å². The molecule has 0 radical (unpaired) electrons. The summed E-state index contributed by atoms with van der Waals surface area (Å²) >= 11 is 7.52. The first kappa shape index (κ1) is 16.4. The number of thiophene rings is 1. The lowest BCUT2D eigenvalue weighted by molar-refractivity contribution is 0.100. The molecule has 0 aliphatic rings. The summed E-state index contributed by atoms with van der Waals surface area (Å²) in [5.41, 5.74) is 7.36. The molecule has 4 aromatic rings. The van der Waals surface area contributed by atoms with E-state index in [1.807, 2.05) is 18.2 Å². The number of benzene rings is 1. The van der Waals surface area contributed by atoms with E-state index >= 15 is 0 Å². The minimum Gasteiger partial charge on any atom is -0.366 e. The van der Waals surface area contributed by atoms with Gasteiger partial charge in [-0.2, -0.15) is 0 Å². The number of aromatic nitrogens is 3. The summed E-state index contributed by atoms with van der Waals surface area (Å²) in [6, 6.07) is 10.8. The molecular formula is C18H12ClN5OS. The maximum absolute atomic E-state index is 11.6. The lowest BCUT2D eigenvalue weighted by Gasteiger charge is -2.11. The minimum atomic E-state index is -0.502. The zero-order valence-corrected chi connectivity index (χ0v) is 14.9. The third-order valence-corrected chi connectivity index (χ3v) is 4.81. The van der Waals surface area contributed by atoms with Gasteiger partial charge in [0, 0.05) is 28.4 Å². The molecule has 0 saturated carbocycles. The van der Waals surface area contributed by atoms with Crippen molar-refractivity contribution in [1.82, 2.24) is 15.0 Å². The summed E-state index contributed by atoms with van der Waals surface area (Å²) in [7, 11) is 0. The normalized spacial score (nSPS) is 10.8. The Balaban J connectivity index is 1.89. The topological polar surface area (TPSA) is 93.8 Å². The highest BCUT2D eigenvalue weighted by atomic mass is 35.5. The van der Waals surface area contributed by atoms with Crippen LogP contribution in [0, 0.1) is 0 Å². The Hall–Kier alpha value is -3.03. The van der Waals surface area contributed by atoms with Crippen LogP contribution in [0.3, 0.4) is 0 Å². The summed E-state index contributed by atoms with van der Waals surface area (Å²) < 4.78 is 0. The molecule has 3 heterocycles. The number of hydrogen-bond acceptors (Lipinski definition) is 6. The molecule has 8 heteroatoms. The zero-order valence-electron chi connectivity index (χ0n) is 13.3. The van der Waals surface area contributed by atoms with Gasteiger partial charge in [0.15, 0.2) is 5.82 Å². The second-order valence-electron chi connectivity index (χ2n) is 5.45. The SMILES string of the molecule is NC(=O)c1ccsc1Nc1nc(-c2cccnc2)nc2ccc(Cl)cc12. The highest BCUT2D eigenvalue weighted by Crippen LogP contribution is 2.32. The Morgan fingerprint density at radius 3 is 2.85 bits per heavy atom. The van der Waals surface area contributed by atoms with Crippen LogP contribution in [0.2, 0.25) is 5.02 Å². The van der Waals surface area contributed by atoms with Crippen LogP contribution < -0.4 is 11.1 Å². The number of amides is 1. The van der Waals surface area contributed by atoms with E-state index < -0.39 is 5.91 Å². The molecule has 128 valence electrons. The second kappa shape index (κ2) is 6.70. The molecule has 0 aliphatic heterocycles. The van der Waals surface area contributed by atoms with Gasteiger partial charge in [0.25, 0.3) is 5.91 Å². The predicted octanol–water partition coefficient (Wildman–Crippen LogP) is 4.25. The third-order valence-electron chi connectivity index (χ3n) is 3.74. The Labute approximate surface area is 157 Å². The van der Waals surface area contributed by atoms with E-state index in [-0.39, 0.29) is 0 Å². The summed E-state index contributed by atoms with van der Waals surface area (Å²) in [4.78, 5) is 24.9. The van der Waals surface area contributed by atoms with Crippen molar-refractivity contribution in [3.05, 3.63) is 64.8 Å². The van der Waals surface area contributed by atoms with Gasteiger partial charge in [-0.3, -0.25) is 9.78 Å². The maximum atomic E-state index is 11.6. The zero-order chi connectivity index (χ0) is 18.1. The summed E-state index contributed by atoms with van der Waals surface area (Å²) in [6.45, 7) is 0. The van der Waals surface area contributed by atoms with Crippen LogP contribution >= 0.6 is 22.9 Å². The van der Waals surface area contributed by atoms with E-state index in [9.17, 15) is 4.79 Å². The smallest absolute Gasteiger partial charge is 0.251 e. The molecule has 4 rings (SSSR count). The second-order valence-corrected chi connectivity index (χ2v) is 6.80. The van der Waals surface area contributed by atoms with E-state index in [1.165, 1.54) is 11.3 Å². The molecule has 0 saturated heterocycles. The molecule has 3 aromatic heterocycles. The monoisotopic (exact) mass is 381 g/mol. The van der Waals surface area contributed by atoms with Crippen LogP contribution in [0.25, 0.3) is 22.3 Å². The number of hydrogen-bond donors (Lipinski definition) is 2. The number of rotatable bonds is 4. The highest BCUT2D eigenvalue weighted by Gasteiger charge is 2.14. The molecule has 0 unspecified atom stereocenters. The quantitative estimate of drug-likeness (QED) is 0.551. The fraction of sp³-hybridized carbons (Fsp3) is 0. The van der Waals surface area contributed by atoms with Crippen LogP contribution in [0.15, 0.2) is 54.2 Å². The highest BCUT2D eigenvalue weighted by molar-refractivity contribution is 7.14. The number of carbonyl (C=O) groups is 1. The summed E-state index contributed by atoms with van der Waals surface area (Å²) in [6.07, 6.45) is 3.38. The van der Waals surface area contributed by atoms with Crippen molar-refractivity contribution < 1.29 is 4.79 Å². The molecule has 26 heavy (non-hydrogen) atoms. The average molecular weight is 382 g/mol. The molecule has 1 amide bonds. The fourth-order valence-corrected chi connectivity index (χ4v) is 3.49. The number of carbonyl (C=O) groups excluding carboxylic acids is 1. The van der Waals surface area contributed by atoms with E-state index in [1.54, 1.807) is 36.0 Å². The van der Waals surface area contributed by atoms with E-state index in [2.05, 4.69) is 20.3 Å². The number of anilines is 2. The van der Waals surface area contributed by atoms with Crippen molar-refractivity contribution in [1.29, 1.82) is 0 Å². The van der Waals surface area contributed by atoms with Crippen LogP contribution in [-0.2, 0) is 0 Å².